The summed E-state index contributed by atoms with van der Waals surface area (Å²) in [6.45, 7) is 5.89. The van der Waals surface area contributed by atoms with E-state index in [9.17, 15) is 13.2 Å². The molecule has 4 rings (SSSR count). The summed E-state index contributed by atoms with van der Waals surface area (Å²) in [5, 5.41) is 0.627. The lowest BCUT2D eigenvalue weighted by Gasteiger charge is -2.30. The molecule has 1 amide bonds. The maximum absolute atomic E-state index is 13.0. The Bertz CT molecular complexity index is 1310. The third-order valence-electron chi connectivity index (χ3n) is 5.66. The molecule has 1 fully saturated rings. The fraction of sp³-hybridized carbons (Fsp3) is 0.391. The lowest BCUT2D eigenvalue weighted by Crippen LogP contribution is -2.39. The van der Waals surface area contributed by atoms with Gasteiger partial charge in [-0.3, -0.25) is 4.79 Å². The van der Waals surface area contributed by atoms with Crippen LogP contribution in [0.25, 0.3) is 10.2 Å². The molecule has 3 aromatic rings. The Balaban J connectivity index is 1.64. The van der Waals surface area contributed by atoms with Crippen LogP contribution in [0.4, 0.5) is 0 Å². The number of fused-ring (bicyclic) bond motifs is 1. The van der Waals surface area contributed by atoms with Crippen LogP contribution in [-0.4, -0.2) is 36.3 Å². The number of sulfonamides is 1. The van der Waals surface area contributed by atoms with Gasteiger partial charge >= 0.3 is 0 Å². The number of piperidine rings is 1. The van der Waals surface area contributed by atoms with Gasteiger partial charge in [-0.05, 0) is 61.6 Å². The SMILES string of the molecule is CCCn1c(=NC(=O)c2ccc(S(=O)(=O)N3CCCC(C)C3)cc2)sc2cccc(Cl)c21. The predicted octanol–water partition coefficient (Wildman–Crippen LogP) is 4.93. The van der Waals surface area contributed by atoms with Crippen LogP contribution in [0.1, 0.15) is 43.5 Å². The number of aryl methyl sites for hydroxylation is 1. The molecule has 0 bridgehead atoms. The molecule has 0 radical (unpaired) electrons. The molecular formula is C23H26ClN3O3S2. The Hall–Kier alpha value is -2.00. The van der Waals surface area contributed by atoms with Crippen molar-refractivity contribution in [3.63, 3.8) is 0 Å². The predicted molar refractivity (Wildman–Crippen MR) is 129 cm³/mol. The van der Waals surface area contributed by atoms with Crippen LogP contribution in [0.3, 0.4) is 0 Å². The van der Waals surface area contributed by atoms with Crippen molar-refractivity contribution in [2.45, 2.75) is 44.6 Å². The summed E-state index contributed by atoms with van der Waals surface area (Å²) in [4.78, 5) is 18.0. The van der Waals surface area contributed by atoms with Gasteiger partial charge in [0, 0.05) is 25.2 Å². The van der Waals surface area contributed by atoms with E-state index in [1.807, 2.05) is 22.8 Å². The number of amides is 1. The first-order valence-electron chi connectivity index (χ1n) is 10.8. The van der Waals surface area contributed by atoms with E-state index in [-0.39, 0.29) is 4.90 Å². The summed E-state index contributed by atoms with van der Waals surface area (Å²) in [6, 6.07) is 11.7. The second-order valence-electron chi connectivity index (χ2n) is 8.17. The zero-order valence-corrected chi connectivity index (χ0v) is 20.5. The number of thiazole rings is 1. The number of hydrogen-bond acceptors (Lipinski definition) is 4. The highest BCUT2D eigenvalue weighted by Crippen LogP contribution is 2.26. The van der Waals surface area contributed by atoms with Crippen LogP contribution in [0.2, 0.25) is 5.02 Å². The standard InChI is InChI=1S/C23H26ClN3O3S2/c1-3-13-27-21-19(24)7-4-8-20(21)31-23(27)25-22(28)17-9-11-18(12-10-17)32(29,30)26-14-5-6-16(2)15-26/h4,7-12,16H,3,5-6,13-15H2,1-2H3. The molecule has 9 heteroatoms. The van der Waals surface area contributed by atoms with E-state index in [2.05, 4.69) is 18.8 Å². The van der Waals surface area contributed by atoms with E-state index < -0.39 is 15.9 Å². The normalized spacial score (nSPS) is 18.3. The van der Waals surface area contributed by atoms with Crippen LogP contribution in [0.15, 0.2) is 52.4 Å². The average Bonchev–Trinajstić information content (AvgIpc) is 3.12. The zero-order chi connectivity index (χ0) is 22.9. The first kappa shape index (κ1) is 23.2. The molecule has 170 valence electrons. The Kier molecular flexibility index (Phi) is 6.86. The van der Waals surface area contributed by atoms with Gasteiger partial charge in [0.15, 0.2) is 4.80 Å². The van der Waals surface area contributed by atoms with Crippen LogP contribution in [-0.2, 0) is 16.6 Å². The molecule has 32 heavy (non-hydrogen) atoms. The Labute approximate surface area is 197 Å². The van der Waals surface area contributed by atoms with Crippen molar-refractivity contribution in [1.29, 1.82) is 0 Å². The van der Waals surface area contributed by atoms with E-state index in [4.69, 9.17) is 11.6 Å². The van der Waals surface area contributed by atoms with Gasteiger partial charge in [0.05, 0.1) is 20.1 Å². The van der Waals surface area contributed by atoms with Crippen molar-refractivity contribution in [3.8, 4) is 0 Å². The molecule has 2 aromatic carbocycles. The number of benzene rings is 2. The maximum Gasteiger partial charge on any atom is 0.279 e. The van der Waals surface area contributed by atoms with Gasteiger partial charge in [0.25, 0.3) is 5.91 Å². The fourth-order valence-corrected chi connectivity index (χ4v) is 7.05. The Morgan fingerprint density at radius 1 is 1.22 bits per heavy atom. The van der Waals surface area contributed by atoms with Crippen LogP contribution in [0, 0.1) is 5.92 Å². The van der Waals surface area contributed by atoms with Gasteiger partial charge < -0.3 is 4.57 Å². The zero-order valence-electron chi connectivity index (χ0n) is 18.1. The molecule has 0 spiro atoms. The number of carbonyl (C=O) groups is 1. The Morgan fingerprint density at radius 2 is 1.97 bits per heavy atom. The molecule has 1 saturated heterocycles. The molecule has 0 saturated carbocycles. The molecule has 0 N–H and O–H groups in total. The summed E-state index contributed by atoms with van der Waals surface area (Å²) in [5.41, 5.74) is 1.23. The van der Waals surface area contributed by atoms with E-state index >= 15 is 0 Å². The van der Waals surface area contributed by atoms with Crippen LogP contribution in [0.5, 0.6) is 0 Å². The smallest absolute Gasteiger partial charge is 0.279 e. The number of rotatable bonds is 5. The molecule has 2 heterocycles. The number of halogens is 1. The highest BCUT2D eigenvalue weighted by molar-refractivity contribution is 7.89. The number of nitrogens with zero attached hydrogens (tertiary/aromatic N) is 3. The topological polar surface area (TPSA) is 71.7 Å². The summed E-state index contributed by atoms with van der Waals surface area (Å²) in [6.07, 6.45) is 2.79. The summed E-state index contributed by atoms with van der Waals surface area (Å²) >= 11 is 7.81. The lowest BCUT2D eigenvalue weighted by atomic mass is 10.0. The van der Waals surface area contributed by atoms with Crippen molar-refractivity contribution in [2.75, 3.05) is 13.1 Å². The maximum atomic E-state index is 13.0. The number of aromatic nitrogens is 1. The molecule has 1 aromatic heterocycles. The van der Waals surface area contributed by atoms with Gasteiger partial charge in [-0.25, -0.2) is 8.42 Å². The lowest BCUT2D eigenvalue weighted by molar-refractivity contribution is 0.0997. The monoisotopic (exact) mass is 491 g/mol. The van der Waals surface area contributed by atoms with Crippen LogP contribution >= 0.6 is 22.9 Å². The average molecular weight is 492 g/mol. The van der Waals surface area contributed by atoms with Gasteiger partial charge in [0.2, 0.25) is 10.0 Å². The van der Waals surface area contributed by atoms with E-state index in [1.54, 1.807) is 0 Å². The summed E-state index contributed by atoms with van der Waals surface area (Å²) in [5.74, 6) is -0.0594. The molecule has 1 unspecified atom stereocenters. The second-order valence-corrected chi connectivity index (χ2v) is 11.5. The molecule has 1 atom stereocenters. The summed E-state index contributed by atoms with van der Waals surface area (Å²) < 4.78 is 30.4. The van der Waals surface area contributed by atoms with Crippen molar-refractivity contribution in [1.82, 2.24) is 8.87 Å². The molecule has 1 aliphatic heterocycles. The van der Waals surface area contributed by atoms with Gasteiger partial charge in [-0.15, -0.1) is 0 Å². The van der Waals surface area contributed by atoms with Crippen molar-refractivity contribution in [3.05, 3.63) is 57.9 Å². The first-order chi connectivity index (χ1) is 15.3. The van der Waals surface area contributed by atoms with Crippen molar-refractivity contribution >= 4 is 49.1 Å². The summed E-state index contributed by atoms with van der Waals surface area (Å²) in [7, 11) is -3.56. The number of carbonyl (C=O) groups excluding carboxylic acids is 1. The minimum absolute atomic E-state index is 0.206. The Morgan fingerprint density at radius 3 is 2.66 bits per heavy atom. The van der Waals surface area contributed by atoms with E-state index in [0.717, 1.165) is 29.5 Å². The van der Waals surface area contributed by atoms with E-state index in [1.165, 1.54) is 39.9 Å². The van der Waals surface area contributed by atoms with Crippen molar-refractivity contribution < 1.29 is 13.2 Å². The quantitative estimate of drug-likeness (QED) is 0.508. The van der Waals surface area contributed by atoms with Crippen LogP contribution < -0.4 is 4.80 Å². The highest BCUT2D eigenvalue weighted by atomic mass is 35.5. The fourth-order valence-electron chi connectivity index (χ4n) is 4.04. The van der Waals surface area contributed by atoms with Gasteiger partial charge in [-0.2, -0.15) is 9.30 Å². The van der Waals surface area contributed by atoms with E-state index in [0.29, 0.717) is 40.9 Å². The number of hydrogen-bond donors (Lipinski definition) is 0. The first-order valence-corrected chi connectivity index (χ1v) is 13.4. The van der Waals surface area contributed by atoms with Gasteiger partial charge in [0.1, 0.15) is 0 Å². The molecule has 6 nitrogen and oxygen atoms in total. The van der Waals surface area contributed by atoms with Gasteiger partial charge in [-0.1, -0.05) is 42.9 Å². The minimum atomic E-state index is -3.56. The largest absolute Gasteiger partial charge is 0.315 e. The molecule has 1 aliphatic rings. The number of para-hydroxylation sites is 1. The third-order valence-corrected chi connectivity index (χ3v) is 8.88. The molecular weight excluding hydrogens is 466 g/mol. The van der Waals surface area contributed by atoms with Crippen molar-refractivity contribution in [2.24, 2.45) is 10.9 Å². The third kappa shape index (κ3) is 4.55. The minimum Gasteiger partial charge on any atom is -0.315 e. The highest BCUT2D eigenvalue weighted by Gasteiger charge is 2.28. The second kappa shape index (κ2) is 9.47. The molecule has 0 aliphatic carbocycles.